The molecule has 50 heavy (non-hydrogen) atoms. The first-order chi connectivity index (χ1) is 23.4. The third kappa shape index (κ3) is 6.11. The van der Waals surface area contributed by atoms with Crippen molar-refractivity contribution < 1.29 is 28.6 Å². The van der Waals surface area contributed by atoms with Crippen molar-refractivity contribution in [2.24, 2.45) is 56.2 Å². The van der Waals surface area contributed by atoms with E-state index in [1.165, 1.54) is 39.9 Å². The number of hydrogen-bond acceptors (Lipinski definition) is 6. The molecule has 0 N–H and O–H groups in total. The van der Waals surface area contributed by atoms with E-state index in [-0.39, 0.29) is 57.5 Å². The van der Waals surface area contributed by atoms with E-state index in [9.17, 15) is 14.4 Å². The molecule has 5 unspecified atom stereocenters. The van der Waals surface area contributed by atoms with Gasteiger partial charge < -0.3 is 14.2 Å². The van der Waals surface area contributed by atoms with E-state index in [1.54, 1.807) is 13.8 Å². The third-order valence-electron chi connectivity index (χ3n) is 15.5. The van der Waals surface area contributed by atoms with Crippen LogP contribution < -0.4 is 0 Å². The Morgan fingerprint density at radius 3 is 2.22 bits per heavy atom. The maximum atomic E-state index is 13.2. The number of fused-ring (bicyclic) bond motifs is 5. The van der Waals surface area contributed by atoms with Crippen LogP contribution in [0.15, 0.2) is 24.3 Å². The smallest absolute Gasteiger partial charge is 0.339 e. The summed E-state index contributed by atoms with van der Waals surface area (Å²) in [4.78, 5) is 38.0. The van der Waals surface area contributed by atoms with E-state index in [0.29, 0.717) is 29.2 Å². The van der Waals surface area contributed by atoms with Gasteiger partial charge in [-0.3, -0.25) is 9.59 Å². The molecule has 4 aliphatic rings. The minimum atomic E-state index is -0.912. The van der Waals surface area contributed by atoms with Crippen molar-refractivity contribution in [3.8, 4) is 11.8 Å². The van der Waals surface area contributed by atoms with Gasteiger partial charge in [0.25, 0.3) is 0 Å². The number of esters is 3. The van der Waals surface area contributed by atoms with Crippen molar-refractivity contribution in [1.82, 2.24) is 0 Å². The van der Waals surface area contributed by atoms with E-state index < -0.39 is 5.41 Å². The summed E-state index contributed by atoms with van der Waals surface area (Å²) in [5.41, 5.74) is 0.720. The topological polar surface area (TPSA) is 78.9 Å². The lowest BCUT2D eigenvalue weighted by Crippen LogP contribution is -2.66. The number of benzene rings is 1. The average molecular weight is 689 g/mol. The Morgan fingerprint density at radius 1 is 0.860 bits per heavy atom. The van der Waals surface area contributed by atoms with Gasteiger partial charge in [-0.2, -0.15) is 0 Å². The van der Waals surface area contributed by atoms with Crippen molar-refractivity contribution in [3.05, 3.63) is 35.4 Å². The lowest BCUT2D eigenvalue weighted by Gasteiger charge is -2.72. The van der Waals surface area contributed by atoms with Gasteiger partial charge in [-0.1, -0.05) is 78.9 Å². The fraction of sp³-hybridized carbons (Fsp3) is 0.750. The zero-order valence-corrected chi connectivity index (χ0v) is 32.9. The zero-order chi connectivity index (χ0) is 36.9. The molecule has 276 valence electrons. The number of ether oxygens (including phenoxy) is 3. The second kappa shape index (κ2) is 13.6. The lowest BCUT2D eigenvalue weighted by molar-refractivity contribution is -0.246. The molecule has 0 spiro atoms. The summed E-state index contributed by atoms with van der Waals surface area (Å²) in [5.74, 6) is 8.40. The van der Waals surface area contributed by atoms with Gasteiger partial charge >= 0.3 is 17.9 Å². The maximum absolute atomic E-state index is 13.2. The van der Waals surface area contributed by atoms with Crippen LogP contribution in [0.4, 0.5) is 0 Å². The molecule has 4 aliphatic carbocycles. The number of rotatable bonds is 7. The fourth-order valence-corrected chi connectivity index (χ4v) is 12.5. The molecule has 6 heteroatoms. The van der Waals surface area contributed by atoms with Gasteiger partial charge in [-0.15, -0.1) is 0 Å². The van der Waals surface area contributed by atoms with Crippen LogP contribution in [0.5, 0.6) is 0 Å². The molecule has 4 fully saturated rings. The summed E-state index contributed by atoms with van der Waals surface area (Å²) >= 11 is 0. The van der Waals surface area contributed by atoms with Crippen LogP contribution in [0, 0.1) is 68.0 Å². The molecule has 0 bridgehead atoms. The molecule has 0 aromatic heterocycles. The SMILES string of the molecule is CCCC1(C#Cc2ccccc2C(=O)OC)CC[C@]2(C)C(CCC3[C@@]4(C)CC[C@H](OC(=O)CC(C)(C)C(=O)OC)C(C)(C)C4CC[C@]32C)C1C. The quantitative estimate of drug-likeness (QED) is 0.161. The van der Waals surface area contributed by atoms with Gasteiger partial charge in [-0.25, -0.2) is 4.79 Å². The summed E-state index contributed by atoms with van der Waals surface area (Å²) in [5, 5.41) is 0. The second-order valence-electron chi connectivity index (χ2n) is 18.5. The normalized spacial score (nSPS) is 37.5. The molecule has 0 heterocycles. The molecular formula is C44H64O6. The van der Waals surface area contributed by atoms with Crippen molar-refractivity contribution in [1.29, 1.82) is 0 Å². The van der Waals surface area contributed by atoms with Crippen LogP contribution in [-0.2, 0) is 23.8 Å². The number of methoxy groups -OCH3 is 2. The predicted octanol–water partition coefficient (Wildman–Crippen LogP) is 9.82. The highest BCUT2D eigenvalue weighted by Gasteiger charge is 2.69. The molecule has 0 aliphatic heterocycles. The highest BCUT2D eigenvalue weighted by molar-refractivity contribution is 5.92. The van der Waals surface area contributed by atoms with Gasteiger partial charge in [0, 0.05) is 16.4 Å². The molecular weight excluding hydrogens is 624 g/mol. The van der Waals surface area contributed by atoms with Gasteiger partial charge in [0.1, 0.15) is 6.10 Å². The van der Waals surface area contributed by atoms with E-state index >= 15 is 0 Å². The van der Waals surface area contributed by atoms with Crippen LogP contribution in [0.1, 0.15) is 149 Å². The second-order valence-corrected chi connectivity index (χ2v) is 18.5. The van der Waals surface area contributed by atoms with Crippen LogP contribution in [-0.4, -0.2) is 38.2 Å². The Labute approximate surface area is 302 Å². The van der Waals surface area contributed by atoms with Gasteiger partial charge in [-0.05, 0) is 124 Å². The minimum absolute atomic E-state index is 0.0223. The Balaban J connectivity index is 1.39. The van der Waals surface area contributed by atoms with Crippen molar-refractivity contribution in [3.63, 3.8) is 0 Å². The minimum Gasteiger partial charge on any atom is -0.469 e. The molecule has 0 radical (unpaired) electrons. The molecule has 0 saturated heterocycles. The number of hydrogen-bond donors (Lipinski definition) is 0. The summed E-state index contributed by atoms with van der Waals surface area (Å²) in [6, 6.07) is 7.58. The fourth-order valence-electron chi connectivity index (χ4n) is 12.5. The van der Waals surface area contributed by atoms with E-state index in [4.69, 9.17) is 14.2 Å². The van der Waals surface area contributed by atoms with Crippen LogP contribution in [0.2, 0.25) is 0 Å². The average Bonchev–Trinajstić information content (AvgIpc) is 3.06. The van der Waals surface area contributed by atoms with Crippen molar-refractivity contribution in [2.75, 3.05) is 14.2 Å². The van der Waals surface area contributed by atoms with Crippen LogP contribution in [0.25, 0.3) is 0 Å². The molecule has 5 rings (SSSR count). The van der Waals surface area contributed by atoms with Gasteiger partial charge in [0.15, 0.2) is 0 Å². The highest BCUT2D eigenvalue weighted by Crippen LogP contribution is 2.75. The van der Waals surface area contributed by atoms with E-state index in [1.807, 2.05) is 24.3 Å². The lowest BCUT2D eigenvalue weighted by atomic mass is 9.32. The van der Waals surface area contributed by atoms with Gasteiger partial charge in [0.2, 0.25) is 0 Å². The number of carbonyl (C=O) groups excluding carboxylic acids is 3. The molecule has 6 nitrogen and oxygen atoms in total. The first-order valence-electron chi connectivity index (χ1n) is 19.4. The monoisotopic (exact) mass is 688 g/mol. The summed E-state index contributed by atoms with van der Waals surface area (Å²) in [6.45, 7) is 20.7. The molecule has 0 amide bonds. The number of carbonyl (C=O) groups is 3. The van der Waals surface area contributed by atoms with E-state index in [0.717, 1.165) is 44.1 Å². The summed E-state index contributed by atoms with van der Waals surface area (Å²) in [7, 11) is 2.79. The highest BCUT2D eigenvalue weighted by atomic mass is 16.5. The van der Waals surface area contributed by atoms with Crippen molar-refractivity contribution in [2.45, 2.75) is 139 Å². The summed E-state index contributed by atoms with van der Waals surface area (Å²) in [6.07, 6.45) is 10.9. The molecule has 1 aromatic carbocycles. The Hall–Kier alpha value is -2.81. The molecule has 4 saturated carbocycles. The maximum Gasteiger partial charge on any atom is 0.339 e. The molecule has 9 atom stereocenters. The summed E-state index contributed by atoms with van der Waals surface area (Å²) < 4.78 is 16.3. The first kappa shape index (κ1) is 38.4. The predicted molar refractivity (Wildman–Crippen MR) is 197 cm³/mol. The Kier molecular flexibility index (Phi) is 10.5. The van der Waals surface area contributed by atoms with Crippen molar-refractivity contribution >= 4 is 17.9 Å². The Bertz CT molecular complexity index is 1530. The zero-order valence-electron chi connectivity index (χ0n) is 32.9. The van der Waals surface area contributed by atoms with Gasteiger partial charge in [0.05, 0.1) is 31.6 Å². The molecule has 1 aromatic rings. The van der Waals surface area contributed by atoms with Crippen LogP contribution >= 0.6 is 0 Å². The third-order valence-corrected chi connectivity index (χ3v) is 15.5. The Morgan fingerprint density at radius 2 is 1.56 bits per heavy atom. The first-order valence-corrected chi connectivity index (χ1v) is 19.4. The van der Waals surface area contributed by atoms with Crippen LogP contribution in [0.3, 0.4) is 0 Å². The standard InChI is InChI=1S/C44H64O6/c1-12-22-44(25-19-30-15-13-14-16-31(30)37(46)48-10)27-26-42(8)32(29(44)2)17-18-34-41(7)23-21-35(40(5,6)33(41)20-24-43(34,42)9)50-36(45)28-39(3,4)38(47)49-11/h13-16,29,32-35H,12,17-18,20-24,26-28H2,1-11H3/t29?,32?,33?,34?,35-,41-,42+,43+,44?/m0/s1. The largest absolute Gasteiger partial charge is 0.469 e. The van der Waals surface area contributed by atoms with E-state index in [2.05, 4.69) is 60.3 Å².